The van der Waals surface area contributed by atoms with Crippen molar-refractivity contribution in [1.29, 1.82) is 0 Å². The number of nitrogens with zero attached hydrogens (tertiary/aromatic N) is 4. The summed E-state index contributed by atoms with van der Waals surface area (Å²) in [6.07, 6.45) is -2.21. The fraction of sp³-hybridized carbons (Fsp3) is 0.394. The van der Waals surface area contributed by atoms with Crippen LogP contribution in [0.2, 0.25) is 0 Å². The van der Waals surface area contributed by atoms with Crippen LogP contribution in [0.15, 0.2) is 54.6 Å². The maximum absolute atomic E-state index is 13.0. The molecular weight excluding hydrogens is 605 g/mol. The van der Waals surface area contributed by atoms with Crippen molar-refractivity contribution in [3.63, 3.8) is 0 Å². The van der Waals surface area contributed by atoms with E-state index in [1.807, 2.05) is 12.1 Å². The number of carbonyl (C=O) groups is 2. The lowest BCUT2D eigenvalue weighted by Crippen LogP contribution is -2.35. The molecule has 0 amide bonds. The number of ketones is 1. The summed E-state index contributed by atoms with van der Waals surface area (Å²) >= 11 is 0. The minimum Gasteiger partial charge on any atom is -0.478 e. The van der Waals surface area contributed by atoms with Crippen LogP contribution in [-0.4, -0.2) is 68.5 Å². The molecule has 0 saturated carbocycles. The smallest absolute Gasteiger partial charge is 0.478 e. The standard InChI is InChI=1S/C33H33F3N4O6/c1-20(41)22-5-6-24(29(16-22)46-33(34,35)36)19-45-31-4-2-3-26(38-31)21-9-12-39(13-10-21)18-30-37-27-8-7-23(32(42)43)15-28(27)40(30)17-25-11-14-44-25/h2-8,15-16,21,25H,9-14,17-19H2,1H3,(H,42,43)/t25-/m0/s1. The number of pyridine rings is 1. The molecular formula is C33H33F3N4O6. The highest BCUT2D eigenvalue weighted by atomic mass is 19.4. The Kier molecular flexibility index (Phi) is 8.96. The summed E-state index contributed by atoms with van der Waals surface area (Å²) in [6, 6.07) is 14.3. The van der Waals surface area contributed by atoms with E-state index in [2.05, 4.69) is 19.2 Å². The van der Waals surface area contributed by atoms with Gasteiger partial charge in [-0.3, -0.25) is 9.69 Å². The van der Waals surface area contributed by atoms with E-state index >= 15 is 0 Å². The van der Waals surface area contributed by atoms with Crippen LogP contribution in [0.4, 0.5) is 13.2 Å². The summed E-state index contributed by atoms with van der Waals surface area (Å²) in [6.45, 7) is 4.58. The molecule has 13 heteroatoms. The average molecular weight is 639 g/mol. The third kappa shape index (κ3) is 7.31. The van der Waals surface area contributed by atoms with Gasteiger partial charge in [0.2, 0.25) is 5.88 Å². The first kappa shape index (κ1) is 31.5. The Morgan fingerprint density at radius 2 is 1.78 bits per heavy atom. The number of alkyl halides is 3. The minimum atomic E-state index is -4.92. The van der Waals surface area contributed by atoms with Gasteiger partial charge in [-0.25, -0.2) is 14.8 Å². The van der Waals surface area contributed by atoms with Crippen LogP contribution in [0.1, 0.15) is 69.9 Å². The number of ether oxygens (including phenoxy) is 3. The normalized spacial score (nSPS) is 17.5. The molecule has 1 N–H and O–H groups in total. The Labute approximate surface area is 262 Å². The highest BCUT2D eigenvalue weighted by Crippen LogP contribution is 2.31. The Bertz CT molecular complexity index is 1750. The maximum Gasteiger partial charge on any atom is 0.573 e. The van der Waals surface area contributed by atoms with E-state index in [1.54, 1.807) is 24.3 Å². The first-order chi connectivity index (χ1) is 22.0. The Balaban J connectivity index is 1.10. The number of fused-ring (bicyclic) bond motifs is 1. The van der Waals surface area contributed by atoms with Crippen LogP contribution in [0.3, 0.4) is 0 Å². The van der Waals surface area contributed by atoms with Gasteiger partial charge in [0.15, 0.2) is 5.78 Å². The van der Waals surface area contributed by atoms with E-state index in [0.29, 0.717) is 13.1 Å². The quantitative estimate of drug-likeness (QED) is 0.198. The van der Waals surface area contributed by atoms with Crippen LogP contribution in [0.25, 0.3) is 11.0 Å². The fourth-order valence-electron chi connectivity index (χ4n) is 5.85. The number of carboxylic acids is 1. The van der Waals surface area contributed by atoms with E-state index < -0.39 is 18.1 Å². The van der Waals surface area contributed by atoms with Gasteiger partial charge in [-0.15, -0.1) is 13.2 Å². The molecule has 2 saturated heterocycles. The lowest BCUT2D eigenvalue weighted by molar-refractivity contribution is -0.275. The molecule has 0 bridgehead atoms. The van der Waals surface area contributed by atoms with Gasteiger partial charge in [0.05, 0.1) is 35.8 Å². The molecule has 2 aromatic heterocycles. The Hall–Kier alpha value is -4.49. The summed E-state index contributed by atoms with van der Waals surface area (Å²) in [5.74, 6) is -0.536. The predicted molar refractivity (Wildman–Crippen MR) is 160 cm³/mol. The van der Waals surface area contributed by atoms with Crippen LogP contribution in [-0.2, 0) is 24.4 Å². The Morgan fingerprint density at radius 3 is 2.46 bits per heavy atom. The van der Waals surface area contributed by atoms with Crippen LogP contribution >= 0.6 is 0 Å². The van der Waals surface area contributed by atoms with Crippen molar-refractivity contribution < 1.29 is 42.1 Å². The molecule has 4 heterocycles. The number of aromatic carboxylic acids is 1. The van der Waals surface area contributed by atoms with Gasteiger partial charge in [-0.05, 0) is 69.6 Å². The number of carbonyl (C=O) groups excluding carboxylic acids is 1. The molecule has 2 aromatic carbocycles. The first-order valence-corrected chi connectivity index (χ1v) is 15.1. The molecule has 0 radical (unpaired) electrons. The number of hydrogen-bond donors (Lipinski definition) is 1. The highest BCUT2D eigenvalue weighted by Gasteiger charge is 2.32. The molecule has 2 aliphatic rings. The fourth-order valence-corrected chi connectivity index (χ4v) is 5.85. The van der Waals surface area contributed by atoms with Crippen molar-refractivity contribution in [2.24, 2.45) is 0 Å². The largest absolute Gasteiger partial charge is 0.573 e. The van der Waals surface area contributed by atoms with Gasteiger partial charge in [-0.1, -0.05) is 18.2 Å². The molecule has 0 aliphatic carbocycles. The number of likely N-dealkylation sites (tertiary alicyclic amines) is 1. The zero-order valence-corrected chi connectivity index (χ0v) is 25.1. The second-order valence-electron chi connectivity index (χ2n) is 11.6. The first-order valence-electron chi connectivity index (χ1n) is 15.1. The molecule has 242 valence electrons. The lowest BCUT2D eigenvalue weighted by Gasteiger charge is -2.32. The van der Waals surface area contributed by atoms with Crippen molar-refractivity contribution in [3.8, 4) is 11.6 Å². The molecule has 2 aliphatic heterocycles. The summed E-state index contributed by atoms with van der Waals surface area (Å²) in [5, 5.41) is 9.51. The summed E-state index contributed by atoms with van der Waals surface area (Å²) in [5.41, 5.74) is 2.83. The van der Waals surface area contributed by atoms with Crippen LogP contribution < -0.4 is 9.47 Å². The van der Waals surface area contributed by atoms with E-state index in [1.165, 1.54) is 19.1 Å². The number of piperidine rings is 1. The van der Waals surface area contributed by atoms with E-state index in [9.17, 15) is 27.9 Å². The van der Waals surface area contributed by atoms with Crippen molar-refractivity contribution in [2.45, 2.75) is 64.3 Å². The monoisotopic (exact) mass is 638 g/mol. The molecule has 1 atom stereocenters. The second-order valence-corrected chi connectivity index (χ2v) is 11.6. The van der Waals surface area contributed by atoms with Gasteiger partial charge in [0.1, 0.15) is 18.2 Å². The van der Waals surface area contributed by atoms with Crippen molar-refractivity contribution in [1.82, 2.24) is 19.4 Å². The lowest BCUT2D eigenvalue weighted by atomic mass is 9.93. The summed E-state index contributed by atoms with van der Waals surface area (Å²) in [7, 11) is 0. The number of aromatic nitrogens is 3. The van der Waals surface area contributed by atoms with Crippen molar-refractivity contribution in [2.75, 3.05) is 19.7 Å². The van der Waals surface area contributed by atoms with Crippen LogP contribution in [0.5, 0.6) is 11.6 Å². The zero-order valence-electron chi connectivity index (χ0n) is 25.1. The number of benzene rings is 2. The molecule has 0 spiro atoms. The number of imidazole rings is 1. The molecule has 4 aromatic rings. The number of carboxylic acid groups (broad SMARTS) is 1. The molecule has 0 unspecified atom stereocenters. The minimum absolute atomic E-state index is 0.0830. The molecule has 6 rings (SSSR count). The van der Waals surface area contributed by atoms with E-state index in [0.717, 1.165) is 67.6 Å². The summed E-state index contributed by atoms with van der Waals surface area (Å²) < 4.78 is 56.7. The SMILES string of the molecule is CC(=O)c1ccc(COc2cccc(C3CCN(Cc4nc5ccc(C(=O)O)cc5n4C[C@@H]4CCO4)CC3)n2)c(OC(F)(F)F)c1. The van der Waals surface area contributed by atoms with Gasteiger partial charge < -0.3 is 23.9 Å². The van der Waals surface area contributed by atoms with Gasteiger partial charge in [0.25, 0.3) is 0 Å². The molecule has 46 heavy (non-hydrogen) atoms. The van der Waals surface area contributed by atoms with Crippen molar-refractivity contribution >= 4 is 22.8 Å². The van der Waals surface area contributed by atoms with Gasteiger partial charge in [-0.2, -0.15) is 0 Å². The topological polar surface area (TPSA) is 116 Å². The number of Topliss-reactive ketones (excluding diaryl/α,β-unsaturated/α-hetero) is 1. The molecule has 10 nitrogen and oxygen atoms in total. The highest BCUT2D eigenvalue weighted by molar-refractivity contribution is 5.94. The average Bonchev–Trinajstić information content (AvgIpc) is 3.33. The number of rotatable bonds is 11. The maximum atomic E-state index is 13.0. The number of hydrogen-bond acceptors (Lipinski definition) is 8. The van der Waals surface area contributed by atoms with Crippen LogP contribution in [0, 0.1) is 0 Å². The number of halogens is 3. The third-order valence-corrected chi connectivity index (χ3v) is 8.44. The summed E-state index contributed by atoms with van der Waals surface area (Å²) in [4.78, 5) is 35.1. The predicted octanol–water partition coefficient (Wildman–Crippen LogP) is 5.98. The van der Waals surface area contributed by atoms with Gasteiger partial charge >= 0.3 is 12.3 Å². The zero-order chi connectivity index (χ0) is 32.4. The van der Waals surface area contributed by atoms with E-state index in [4.69, 9.17) is 14.5 Å². The molecule has 2 fully saturated rings. The van der Waals surface area contributed by atoms with Crippen molar-refractivity contribution in [3.05, 3.63) is 82.8 Å². The van der Waals surface area contributed by atoms with E-state index in [-0.39, 0.29) is 47.0 Å². The Morgan fingerprint density at radius 1 is 1.02 bits per heavy atom. The third-order valence-electron chi connectivity index (χ3n) is 8.44. The van der Waals surface area contributed by atoms with Gasteiger partial charge in [0, 0.05) is 35.4 Å². The second kappa shape index (κ2) is 13.1.